The first-order chi connectivity index (χ1) is 20.6. The number of carbonyl (C=O) groups is 2. The van der Waals surface area contributed by atoms with Crippen LogP contribution in [-0.2, 0) is 14.1 Å². The van der Waals surface area contributed by atoms with Crippen LogP contribution >= 0.6 is 0 Å². The minimum Gasteiger partial charge on any atom is -0.494 e. The van der Waals surface area contributed by atoms with Gasteiger partial charge in [-0.2, -0.15) is 0 Å². The summed E-state index contributed by atoms with van der Waals surface area (Å²) in [5, 5.41) is 12.9. The van der Waals surface area contributed by atoms with Crippen molar-refractivity contribution < 1.29 is 33.1 Å². The molecule has 0 unspecified atom stereocenters. The highest BCUT2D eigenvalue weighted by atomic mass is 19.1. The predicted molar refractivity (Wildman–Crippen MR) is 163 cm³/mol. The van der Waals surface area contributed by atoms with E-state index in [4.69, 9.17) is 19.8 Å². The molecule has 1 aromatic carbocycles. The molecule has 0 aromatic heterocycles. The first kappa shape index (κ1) is 33.6. The molecule has 14 heteroatoms. The van der Waals surface area contributed by atoms with E-state index < -0.39 is 41.2 Å². The molecule has 1 amide bonds. The Labute approximate surface area is 258 Å². The van der Waals surface area contributed by atoms with Crippen molar-refractivity contribution in [3.63, 3.8) is 0 Å². The topological polar surface area (TPSA) is 167 Å². The van der Waals surface area contributed by atoms with Crippen molar-refractivity contribution in [2.24, 2.45) is 39.8 Å². The highest BCUT2D eigenvalue weighted by Crippen LogP contribution is 2.65. The lowest BCUT2D eigenvalue weighted by molar-refractivity contribution is -0.525. The molecule has 5 rings (SSSR count). The zero-order valence-electron chi connectivity index (χ0n) is 26.4. The van der Waals surface area contributed by atoms with Crippen LogP contribution in [0.1, 0.15) is 83.5 Å². The zero-order chi connectivity index (χ0) is 32.4. The molecule has 1 heterocycles. The Morgan fingerprint density at radius 2 is 2.02 bits per heavy atom. The molecule has 12 nitrogen and oxygen atoms in total. The summed E-state index contributed by atoms with van der Waals surface area (Å²) in [5.74, 6) is -1.83. The summed E-state index contributed by atoms with van der Waals surface area (Å²) in [5.41, 5.74) is 7.14. The molecule has 1 saturated heterocycles. The van der Waals surface area contributed by atoms with Crippen LogP contribution in [0.15, 0.2) is 23.2 Å². The number of carbonyl (C=O) groups excluding carboxylic acids is 2. The van der Waals surface area contributed by atoms with E-state index in [1.54, 1.807) is 5.43 Å². The van der Waals surface area contributed by atoms with Gasteiger partial charge < -0.3 is 25.1 Å². The number of ether oxygens (including phenoxy) is 1. The Morgan fingerprint density at radius 3 is 2.64 bits per heavy atom. The number of nitrogens with one attached hydrogen (secondary N) is 2. The van der Waals surface area contributed by atoms with Crippen molar-refractivity contribution in [3.05, 3.63) is 39.7 Å². The maximum atomic E-state index is 14.4. The Hall–Kier alpha value is -3.26. The monoisotopic (exact) mass is 617 g/mol. The number of nitro groups is 1. The van der Waals surface area contributed by atoms with Crippen LogP contribution in [0.3, 0.4) is 0 Å². The fourth-order valence-corrected chi connectivity index (χ4v) is 7.29. The van der Waals surface area contributed by atoms with Gasteiger partial charge in [0.1, 0.15) is 0 Å². The summed E-state index contributed by atoms with van der Waals surface area (Å²) in [7, 11) is 0.706. The molecule has 4 aliphatic rings. The van der Waals surface area contributed by atoms with Crippen LogP contribution in [-0.4, -0.2) is 61.1 Å². The molecule has 3 aliphatic carbocycles. The summed E-state index contributed by atoms with van der Waals surface area (Å²) in [6, 6.07) is 3.93. The second-order valence-electron chi connectivity index (χ2n) is 13.5. The van der Waals surface area contributed by atoms with Gasteiger partial charge in [0.25, 0.3) is 5.96 Å². The lowest BCUT2D eigenvalue weighted by atomic mass is 9.43. The SMILES string of the molecule is COc1ccc(C(=O)C[C@@H](CCCN=C(N)N[N+](=O)[O-])C(=O)N[C@@H](CC(C)C)B2O[C@@H]3C[C@@H]4C[C@@H](C4(C)C)[C@]3(C)O2)cc1F. The van der Waals surface area contributed by atoms with Gasteiger partial charge in [0.05, 0.1) is 24.8 Å². The number of methoxy groups -OCH3 is 1. The van der Waals surface area contributed by atoms with E-state index in [0.717, 1.165) is 18.9 Å². The van der Waals surface area contributed by atoms with Crippen molar-refractivity contribution in [1.82, 2.24) is 10.7 Å². The summed E-state index contributed by atoms with van der Waals surface area (Å²) in [6.45, 7) is 10.9. The molecule has 1 aromatic rings. The number of hydrazine groups is 1. The summed E-state index contributed by atoms with van der Waals surface area (Å²) >= 11 is 0. The summed E-state index contributed by atoms with van der Waals surface area (Å²) < 4.78 is 32.5. The average molecular weight is 618 g/mol. The normalized spacial score (nSPS) is 26.8. The van der Waals surface area contributed by atoms with Crippen LogP contribution in [0, 0.1) is 45.0 Å². The van der Waals surface area contributed by atoms with Gasteiger partial charge in [-0.05, 0) is 80.4 Å². The second kappa shape index (κ2) is 13.4. The molecule has 2 bridgehead atoms. The first-order valence-corrected chi connectivity index (χ1v) is 15.4. The standard InChI is InChI=1S/C30H45BFN5O7/c1-17(2)12-26(31-43-25-16-20-15-24(29(20,3)4)30(25,5)44-31)35-27(39)19(8-7-11-34-28(33)36-37(40)41)14-22(38)18-9-10-23(42-6)21(32)13-18/h9-10,13,17,19-20,24-26H,7-8,11-12,14-16H2,1-6H3,(H,35,39)(H3,33,34,36)/t19-,20+,24+,25-,26+,30+/m1/s1. The van der Waals surface area contributed by atoms with Crippen molar-refractivity contribution in [1.29, 1.82) is 0 Å². The predicted octanol–water partition coefficient (Wildman–Crippen LogP) is 3.70. The minimum absolute atomic E-state index is 0.0119. The number of nitrogens with two attached hydrogens (primary N) is 1. The third kappa shape index (κ3) is 7.17. The van der Waals surface area contributed by atoms with Gasteiger partial charge in [0.15, 0.2) is 22.4 Å². The number of Topliss-reactive ketones (excluding diaryl/α,β-unsaturated/α-hetero) is 1. The number of nitrogens with zero attached hydrogens (tertiary/aromatic N) is 2. The highest BCUT2D eigenvalue weighted by Gasteiger charge is 2.68. The molecule has 3 saturated carbocycles. The number of amides is 1. The average Bonchev–Trinajstić information content (AvgIpc) is 3.30. The van der Waals surface area contributed by atoms with Crippen molar-refractivity contribution in [2.45, 2.75) is 90.8 Å². The van der Waals surface area contributed by atoms with Gasteiger partial charge in [0.2, 0.25) is 5.91 Å². The number of aliphatic imine (C=N–C) groups is 1. The van der Waals surface area contributed by atoms with E-state index in [0.29, 0.717) is 24.7 Å². The number of benzene rings is 1. The van der Waals surface area contributed by atoms with Crippen molar-refractivity contribution in [2.75, 3.05) is 13.7 Å². The van der Waals surface area contributed by atoms with E-state index in [1.807, 2.05) is 0 Å². The molecular formula is C30H45BFN5O7. The number of ketones is 1. The third-order valence-corrected chi connectivity index (χ3v) is 9.83. The van der Waals surface area contributed by atoms with E-state index in [2.05, 4.69) is 44.9 Å². The van der Waals surface area contributed by atoms with Gasteiger partial charge in [-0.15, -0.1) is 0 Å². The minimum atomic E-state index is -0.815. The molecule has 1 aliphatic heterocycles. The maximum Gasteiger partial charge on any atom is 0.481 e. The van der Waals surface area contributed by atoms with Crippen molar-refractivity contribution in [3.8, 4) is 5.75 Å². The third-order valence-electron chi connectivity index (χ3n) is 9.83. The second-order valence-corrected chi connectivity index (χ2v) is 13.5. The van der Waals surface area contributed by atoms with E-state index in [1.165, 1.54) is 19.2 Å². The summed E-state index contributed by atoms with van der Waals surface area (Å²) in [6.07, 6.45) is 2.98. The highest BCUT2D eigenvalue weighted by molar-refractivity contribution is 6.47. The fraction of sp³-hybridized carbons (Fsp3) is 0.700. The lowest BCUT2D eigenvalue weighted by Crippen LogP contribution is -2.65. The Morgan fingerprint density at radius 1 is 1.30 bits per heavy atom. The fourth-order valence-electron chi connectivity index (χ4n) is 7.29. The molecule has 4 fully saturated rings. The molecule has 44 heavy (non-hydrogen) atoms. The number of rotatable bonds is 14. The smallest absolute Gasteiger partial charge is 0.481 e. The van der Waals surface area contributed by atoms with Gasteiger partial charge >= 0.3 is 7.12 Å². The van der Waals surface area contributed by atoms with Gasteiger partial charge in [0, 0.05) is 24.4 Å². The number of guanidine groups is 1. The van der Waals surface area contributed by atoms with E-state index in [-0.39, 0.29) is 60.0 Å². The molecule has 4 N–H and O–H groups in total. The van der Waals surface area contributed by atoms with E-state index >= 15 is 0 Å². The number of hydrogen-bond donors (Lipinski definition) is 3. The number of halogens is 1. The van der Waals surface area contributed by atoms with Crippen LogP contribution in [0.2, 0.25) is 0 Å². The molecule has 6 atom stereocenters. The van der Waals surface area contributed by atoms with Crippen LogP contribution in [0.5, 0.6) is 5.75 Å². The molecule has 0 radical (unpaired) electrons. The zero-order valence-corrected chi connectivity index (χ0v) is 26.4. The van der Waals surface area contributed by atoms with Gasteiger partial charge in [-0.25, -0.2) is 19.5 Å². The first-order valence-electron chi connectivity index (χ1n) is 15.4. The van der Waals surface area contributed by atoms with Crippen molar-refractivity contribution >= 4 is 24.8 Å². The molecule has 0 spiro atoms. The van der Waals surface area contributed by atoms with E-state index in [9.17, 15) is 24.1 Å². The van der Waals surface area contributed by atoms with Crippen LogP contribution in [0.25, 0.3) is 0 Å². The Bertz CT molecular complexity index is 1280. The largest absolute Gasteiger partial charge is 0.494 e. The van der Waals surface area contributed by atoms with Gasteiger partial charge in [-0.3, -0.25) is 9.59 Å². The molecule has 242 valence electrons. The number of hydrogen-bond acceptors (Lipinski definition) is 8. The maximum absolute atomic E-state index is 14.4. The lowest BCUT2D eigenvalue weighted by Gasteiger charge is -2.64. The Balaban J connectivity index is 1.49. The molecular weight excluding hydrogens is 572 g/mol. The Kier molecular flexibility index (Phi) is 10.2. The van der Waals surface area contributed by atoms with Crippen LogP contribution in [0.4, 0.5) is 4.39 Å². The van der Waals surface area contributed by atoms with Gasteiger partial charge in [-0.1, -0.05) is 33.1 Å². The quantitative estimate of drug-likeness (QED) is 0.0536. The van der Waals surface area contributed by atoms with Crippen LogP contribution < -0.4 is 21.2 Å². The summed E-state index contributed by atoms with van der Waals surface area (Å²) in [4.78, 5) is 41.6.